The summed E-state index contributed by atoms with van der Waals surface area (Å²) >= 11 is 54.5. The van der Waals surface area contributed by atoms with Gasteiger partial charge in [-0.2, -0.15) is 0 Å². The normalized spacial score (nSPS) is 50.8. The molecule has 5 aliphatic rings. The summed E-state index contributed by atoms with van der Waals surface area (Å²) in [6, 6.07) is 0. The average molecular weight is 524 g/mol. The van der Waals surface area contributed by atoms with E-state index in [1.165, 1.54) is 0 Å². The lowest BCUT2D eigenvalue weighted by atomic mass is 9.79. The van der Waals surface area contributed by atoms with E-state index in [0.717, 1.165) is 0 Å². The third kappa shape index (κ3) is 1.39. The molecule has 0 radical (unpaired) electrons. The summed E-state index contributed by atoms with van der Waals surface area (Å²) in [5.41, 5.74) is 0. The number of alkyl halides is 4. The van der Waals surface area contributed by atoms with E-state index >= 15 is 0 Å². The van der Waals surface area contributed by atoms with Crippen molar-refractivity contribution in [2.45, 2.75) is 31.1 Å². The van der Waals surface area contributed by atoms with Crippen LogP contribution in [-0.4, -0.2) is 57.5 Å². The van der Waals surface area contributed by atoms with Crippen molar-refractivity contribution in [1.82, 2.24) is 0 Å². The molecule has 2 saturated heterocycles. The van der Waals surface area contributed by atoms with Gasteiger partial charge in [-0.05, 0) is 0 Å². The maximum absolute atomic E-state index is 7.17. The molecule has 2 spiro atoms. The van der Waals surface area contributed by atoms with Gasteiger partial charge in [-0.25, -0.2) is 0 Å². The van der Waals surface area contributed by atoms with Gasteiger partial charge in [-0.1, -0.05) is 46.4 Å². The highest BCUT2D eigenvalue weighted by Crippen LogP contribution is 2.87. The van der Waals surface area contributed by atoms with Crippen molar-refractivity contribution in [1.29, 1.82) is 0 Å². The Bertz CT molecular complexity index is 803. The fraction of sp³-hybridized carbons (Fsp3) is 0.714. The number of hydrogen-bond acceptors (Lipinski definition) is 4. The van der Waals surface area contributed by atoms with Gasteiger partial charge in [-0.3, -0.25) is 0 Å². The summed E-state index contributed by atoms with van der Waals surface area (Å²) in [7, 11) is 0. The molecular formula is C14H8Cl8O4. The Kier molecular flexibility index (Phi) is 3.97. The quantitative estimate of drug-likeness (QED) is 0.428. The minimum Gasteiger partial charge on any atom is -0.344 e. The molecule has 0 unspecified atom stereocenters. The zero-order valence-electron chi connectivity index (χ0n) is 12.5. The van der Waals surface area contributed by atoms with Crippen molar-refractivity contribution >= 4 is 92.8 Å². The SMILES string of the molecule is ClC1=C(Cl)[C@]2(Cl)[C@@](Cl)(C13OCCO3)[C@]1(Cl)C(Cl)=C(Cl)[C@]2(Cl)C12OCCO2. The van der Waals surface area contributed by atoms with Gasteiger partial charge in [-0.15, -0.1) is 46.4 Å². The van der Waals surface area contributed by atoms with Crippen LogP contribution in [0.25, 0.3) is 0 Å². The van der Waals surface area contributed by atoms with E-state index in [1.54, 1.807) is 0 Å². The van der Waals surface area contributed by atoms with Gasteiger partial charge in [0.15, 0.2) is 14.6 Å². The summed E-state index contributed by atoms with van der Waals surface area (Å²) in [5.74, 6) is -3.60. The molecule has 0 N–H and O–H groups in total. The van der Waals surface area contributed by atoms with E-state index in [4.69, 9.17) is 112 Å². The molecule has 0 aromatic carbocycles. The third-order valence-electron chi connectivity index (χ3n) is 5.75. The fourth-order valence-electron chi connectivity index (χ4n) is 4.81. The number of halogens is 8. The van der Waals surface area contributed by atoms with E-state index in [0.29, 0.717) is 0 Å². The zero-order chi connectivity index (χ0) is 19.0. The predicted octanol–water partition coefficient (Wildman–Crippen LogP) is 4.80. The summed E-state index contributed by atoms with van der Waals surface area (Å²) in [4.78, 5) is -7.60. The maximum atomic E-state index is 7.17. The Morgan fingerprint density at radius 3 is 1.50 bits per heavy atom. The zero-order valence-corrected chi connectivity index (χ0v) is 18.5. The molecule has 144 valence electrons. The third-order valence-corrected chi connectivity index (χ3v) is 11.4. The Hall–Kier alpha value is 1.64. The molecule has 26 heavy (non-hydrogen) atoms. The monoisotopic (exact) mass is 520 g/mol. The summed E-state index contributed by atoms with van der Waals surface area (Å²) < 4.78 is 23.4. The second-order valence-electron chi connectivity index (χ2n) is 6.52. The number of allylic oxidation sites excluding steroid dienone is 1. The lowest BCUT2D eigenvalue weighted by Gasteiger charge is -2.50. The maximum Gasteiger partial charge on any atom is 0.231 e. The van der Waals surface area contributed by atoms with Crippen molar-refractivity contribution < 1.29 is 18.9 Å². The van der Waals surface area contributed by atoms with Crippen LogP contribution in [0.4, 0.5) is 0 Å². The second kappa shape index (κ2) is 5.27. The van der Waals surface area contributed by atoms with Crippen LogP contribution in [0.15, 0.2) is 20.1 Å². The smallest absolute Gasteiger partial charge is 0.231 e. The van der Waals surface area contributed by atoms with Crippen molar-refractivity contribution in [3.8, 4) is 0 Å². The van der Waals surface area contributed by atoms with Crippen LogP contribution in [0.5, 0.6) is 0 Å². The molecule has 0 amide bonds. The first-order chi connectivity index (χ1) is 12.0. The largest absolute Gasteiger partial charge is 0.344 e. The molecule has 4 nitrogen and oxygen atoms in total. The second-order valence-corrected chi connectivity index (χ2v) is 10.3. The van der Waals surface area contributed by atoms with Gasteiger partial charge in [0.1, 0.15) is 4.87 Å². The Labute approximate surface area is 188 Å². The Balaban J connectivity index is 1.95. The van der Waals surface area contributed by atoms with Crippen LogP contribution in [0.3, 0.4) is 0 Å². The first-order valence-electron chi connectivity index (χ1n) is 7.48. The lowest BCUT2D eigenvalue weighted by molar-refractivity contribution is -0.192. The van der Waals surface area contributed by atoms with E-state index in [2.05, 4.69) is 0 Å². The molecule has 5 rings (SSSR count). The topological polar surface area (TPSA) is 36.9 Å². The highest BCUT2D eigenvalue weighted by atomic mass is 35.5. The number of ether oxygens (including phenoxy) is 4. The molecule has 3 fully saturated rings. The van der Waals surface area contributed by atoms with Crippen LogP contribution in [0, 0.1) is 0 Å². The number of hydrogen-bond donors (Lipinski definition) is 0. The molecule has 2 bridgehead atoms. The van der Waals surface area contributed by atoms with Crippen molar-refractivity contribution in [2.75, 3.05) is 26.4 Å². The first-order valence-corrected chi connectivity index (χ1v) is 10.5. The minimum absolute atomic E-state index is 0.0691. The van der Waals surface area contributed by atoms with E-state index in [9.17, 15) is 0 Å². The van der Waals surface area contributed by atoms with E-state index in [-0.39, 0.29) is 46.6 Å². The highest BCUT2D eigenvalue weighted by molar-refractivity contribution is 6.63. The summed E-state index contributed by atoms with van der Waals surface area (Å²) in [5, 5.41) is -0.351. The first kappa shape index (κ1) is 19.6. The minimum atomic E-state index is -1.93. The molecular weight excluding hydrogens is 516 g/mol. The Morgan fingerprint density at radius 1 is 0.538 bits per heavy atom. The van der Waals surface area contributed by atoms with Crippen LogP contribution < -0.4 is 0 Å². The van der Waals surface area contributed by atoms with Crippen molar-refractivity contribution in [3.63, 3.8) is 0 Å². The average Bonchev–Trinajstić information content (AvgIpc) is 3.37. The van der Waals surface area contributed by atoms with Gasteiger partial charge >= 0.3 is 0 Å². The molecule has 2 heterocycles. The van der Waals surface area contributed by atoms with Gasteiger partial charge < -0.3 is 18.9 Å². The molecule has 1 saturated carbocycles. The van der Waals surface area contributed by atoms with Crippen molar-refractivity contribution in [3.05, 3.63) is 20.1 Å². The van der Waals surface area contributed by atoms with Crippen LogP contribution in [0.2, 0.25) is 0 Å². The predicted molar refractivity (Wildman–Crippen MR) is 101 cm³/mol. The van der Waals surface area contributed by atoms with Crippen LogP contribution in [-0.2, 0) is 18.9 Å². The van der Waals surface area contributed by atoms with E-state index in [1.807, 2.05) is 0 Å². The van der Waals surface area contributed by atoms with Crippen LogP contribution in [0.1, 0.15) is 0 Å². The van der Waals surface area contributed by atoms with Crippen LogP contribution >= 0.6 is 92.8 Å². The molecule has 0 aromatic heterocycles. The fourth-order valence-corrected chi connectivity index (χ4v) is 9.39. The summed E-state index contributed by atoms with van der Waals surface area (Å²) in [6.07, 6.45) is 0. The lowest BCUT2D eigenvalue weighted by Crippen LogP contribution is -2.69. The van der Waals surface area contributed by atoms with Gasteiger partial charge in [0.2, 0.25) is 11.6 Å². The number of rotatable bonds is 0. The van der Waals surface area contributed by atoms with Gasteiger partial charge in [0.05, 0.1) is 46.6 Å². The van der Waals surface area contributed by atoms with Crippen molar-refractivity contribution in [2.24, 2.45) is 0 Å². The molecule has 2 aliphatic heterocycles. The Morgan fingerprint density at radius 2 is 0.962 bits per heavy atom. The molecule has 3 aliphatic carbocycles. The highest BCUT2D eigenvalue weighted by Gasteiger charge is 3.02. The number of fused-ring (bicyclic) bond motifs is 4. The van der Waals surface area contributed by atoms with E-state index < -0.39 is 31.1 Å². The molecule has 12 heteroatoms. The molecule has 4 atom stereocenters. The standard InChI is InChI=1S/C14H8Cl8O4/c15-5-6(16)11(21)13(22)9(19,10(5,20)14(11)25-3-4-26-14)7(17)8(18)12(13)23-1-2-24-12/h1-4H2/t9-,10-,11-,13+/m1/s1. The van der Waals surface area contributed by atoms with Gasteiger partial charge in [0.25, 0.3) is 0 Å². The van der Waals surface area contributed by atoms with Gasteiger partial charge in [0, 0.05) is 0 Å². The summed E-state index contributed by atoms with van der Waals surface area (Å²) in [6.45, 7) is 0.684. The molecule has 0 aromatic rings.